The molecule has 2 atom stereocenters. The molecular formula is C13H22Cl2N2O2. The van der Waals surface area contributed by atoms with Crippen LogP contribution >= 0.6 is 24.8 Å². The van der Waals surface area contributed by atoms with Crippen LogP contribution in [0.15, 0.2) is 30.3 Å². The van der Waals surface area contributed by atoms with Gasteiger partial charge < -0.3 is 15.6 Å². The van der Waals surface area contributed by atoms with E-state index in [1.165, 1.54) is 0 Å². The van der Waals surface area contributed by atoms with Gasteiger partial charge in [0, 0.05) is 25.7 Å². The largest absolute Gasteiger partial charge is 0.387 e. The van der Waals surface area contributed by atoms with Crippen LogP contribution in [-0.2, 0) is 4.74 Å². The van der Waals surface area contributed by atoms with Crippen LogP contribution in [0.1, 0.15) is 11.7 Å². The summed E-state index contributed by atoms with van der Waals surface area (Å²) < 4.78 is 5.28. The second kappa shape index (κ2) is 9.53. The monoisotopic (exact) mass is 308 g/mol. The molecule has 0 spiro atoms. The Morgan fingerprint density at radius 1 is 1.16 bits per heavy atom. The number of hydrogen-bond donors (Lipinski definition) is 2. The number of rotatable bonds is 4. The van der Waals surface area contributed by atoms with E-state index in [4.69, 9.17) is 10.5 Å². The zero-order chi connectivity index (χ0) is 12.1. The number of morpholine rings is 1. The molecule has 1 aliphatic heterocycles. The molecule has 19 heavy (non-hydrogen) atoms. The van der Waals surface area contributed by atoms with Gasteiger partial charge in [-0.2, -0.15) is 0 Å². The third-order valence-corrected chi connectivity index (χ3v) is 3.12. The molecule has 110 valence electrons. The number of hydrogen-bond acceptors (Lipinski definition) is 4. The van der Waals surface area contributed by atoms with E-state index in [0.29, 0.717) is 6.54 Å². The Kier molecular flexibility index (Phi) is 9.35. The lowest BCUT2D eigenvalue weighted by Gasteiger charge is -2.30. The van der Waals surface area contributed by atoms with Crippen molar-refractivity contribution in [3.05, 3.63) is 35.9 Å². The van der Waals surface area contributed by atoms with Crippen molar-refractivity contribution in [2.24, 2.45) is 5.73 Å². The molecule has 6 heteroatoms. The molecule has 1 aromatic carbocycles. The third kappa shape index (κ3) is 5.65. The first kappa shape index (κ1) is 18.6. The summed E-state index contributed by atoms with van der Waals surface area (Å²) in [5.74, 6) is 0. The Labute approximate surface area is 126 Å². The summed E-state index contributed by atoms with van der Waals surface area (Å²) in [4.78, 5) is 2.24. The highest BCUT2D eigenvalue weighted by Crippen LogP contribution is 2.16. The number of aliphatic hydroxyl groups excluding tert-OH is 1. The van der Waals surface area contributed by atoms with Gasteiger partial charge in [-0.05, 0) is 5.56 Å². The molecule has 0 aromatic heterocycles. The lowest BCUT2D eigenvalue weighted by atomic mass is 10.0. The van der Waals surface area contributed by atoms with Crippen LogP contribution in [0, 0.1) is 0 Å². The summed E-state index contributed by atoms with van der Waals surface area (Å²) in [7, 11) is 0. The van der Waals surface area contributed by atoms with Crippen molar-refractivity contribution in [1.29, 1.82) is 0 Å². The maximum Gasteiger partial charge on any atom is 0.0953 e. The number of halogens is 2. The van der Waals surface area contributed by atoms with Crippen LogP contribution in [0.25, 0.3) is 0 Å². The highest BCUT2D eigenvalue weighted by atomic mass is 35.5. The van der Waals surface area contributed by atoms with Crippen molar-refractivity contribution < 1.29 is 9.84 Å². The molecular weight excluding hydrogens is 287 g/mol. The molecule has 1 saturated heterocycles. The highest BCUT2D eigenvalue weighted by molar-refractivity contribution is 5.85. The van der Waals surface area contributed by atoms with E-state index in [-0.39, 0.29) is 30.9 Å². The average Bonchev–Trinajstić information content (AvgIpc) is 2.40. The number of nitrogens with two attached hydrogens (primary N) is 1. The zero-order valence-electron chi connectivity index (χ0n) is 10.8. The Balaban J connectivity index is 0.00000162. The number of nitrogens with zero attached hydrogens (tertiary/aromatic N) is 1. The van der Waals surface area contributed by atoms with Crippen LogP contribution in [-0.4, -0.2) is 48.9 Å². The van der Waals surface area contributed by atoms with E-state index in [1.807, 2.05) is 30.3 Å². The lowest BCUT2D eigenvalue weighted by molar-refractivity contribution is 0.0249. The second-order valence-electron chi connectivity index (χ2n) is 4.43. The maximum atomic E-state index is 10.1. The summed E-state index contributed by atoms with van der Waals surface area (Å²) in [6.45, 7) is 4.02. The van der Waals surface area contributed by atoms with Crippen LogP contribution in [0.3, 0.4) is 0 Å². The van der Waals surface area contributed by atoms with Gasteiger partial charge in [-0.3, -0.25) is 4.90 Å². The molecule has 0 radical (unpaired) electrons. The first-order valence-corrected chi connectivity index (χ1v) is 6.06. The predicted octanol–water partition coefficient (Wildman–Crippen LogP) is 1.22. The van der Waals surface area contributed by atoms with Gasteiger partial charge in [0.2, 0.25) is 0 Å². The molecule has 0 unspecified atom stereocenters. The van der Waals surface area contributed by atoms with Crippen LogP contribution in [0.4, 0.5) is 0 Å². The minimum atomic E-state index is -0.598. The van der Waals surface area contributed by atoms with Gasteiger partial charge in [0.1, 0.15) is 0 Å². The zero-order valence-corrected chi connectivity index (χ0v) is 12.4. The Bertz CT molecular complexity index is 335. The minimum absolute atomic E-state index is 0. The fourth-order valence-electron chi connectivity index (χ4n) is 2.08. The molecule has 0 amide bonds. The summed E-state index contributed by atoms with van der Waals surface area (Å²) in [6, 6.07) is 9.33. The molecule has 2 rings (SSSR count). The van der Waals surface area contributed by atoms with Crippen molar-refractivity contribution in [3.8, 4) is 0 Å². The van der Waals surface area contributed by atoms with E-state index >= 15 is 0 Å². The van der Waals surface area contributed by atoms with Crippen LogP contribution in [0.5, 0.6) is 0 Å². The molecule has 1 fully saturated rings. The number of benzene rings is 1. The Morgan fingerprint density at radius 2 is 1.74 bits per heavy atom. The highest BCUT2D eigenvalue weighted by Gasteiger charge is 2.20. The normalized spacial score (nSPS) is 18.8. The predicted molar refractivity (Wildman–Crippen MR) is 81.1 cm³/mol. The lowest BCUT2D eigenvalue weighted by Crippen LogP contribution is -2.45. The number of ether oxygens (including phenoxy) is 1. The Hall–Kier alpha value is -0.360. The number of aliphatic hydroxyl groups is 1. The van der Waals surface area contributed by atoms with Crippen molar-refractivity contribution in [1.82, 2.24) is 4.90 Å². The van der Waals surface area contributed by atoms with Gasteiger partial charge in [-0.1, -0.05) is 30.3 Å². The molecule has 0 saturated carbocycles. The summed E-state index contributed by atoms with van der Waals surface area (Å²) >= 11 is 0. The van der Waals surface area contributed by atoms with Gasteiger partial charge in [0.15, 0.2) is 0 Å². The Morgan fingerprint density at radius 3 is 2.32 bits per heavy atom. The SMILES string of the molecule is Cl.Cl.N[C@H](CN1CCOCC1)[C@@H](O)c1ccccc1. The third-order valence-electron chi connectivity index (χ3n) is 3.12. The quantitative estimate of drug-likeness (QED) is 0.878. The van der Waals surface area contributed by atoms with Gasteiger partial charge in [-0.15, -0.1) is 24.8 Å². The molecule has 1 aromatic rings. The summed E-state index contributed by atoms with van der Waals surface area (Å²) in [6.07, 6.45) is -0.598. The van der Waals surface area contributed by atoms with E-state index in [9.17, 15) is 5.11 Å². The molecule has 1 heterocycles. The van der Waals surface area contributed by atoms with Crippen LogP contribution in [0.2, 0.25) is 0 Å². The fourth-order valence-corrected chi connectivity index (χ4v) is 2.08. The summed E-state index contributed by atoms with van der Waals surface area (Å²) in [5.41, 5.74) is 6.93. The molecule has 3 N–H and O–H groups in total. The van der Waals surface area contributed by atoms with E-state index in [1.54, 1.807) is 0 Å². The van der Waals surface area contributed by atoms with Crippen molar-refractivity contribution >= 4 is 24.8 Å². The second-order valence-corrected chi connectivity index (χ2v) is 4.43. The van der Waals surface area contributed by atoms with Gasteiger partial charge in [0.25, 0.3) is 0 Å². The van der Waals surface area contributed by atoms with Gasteiger partial charge in [-0.25, -0.2) is 0 Å². The first-order chi connectivity index (χ1) is 8.27. The average molecular weight is 309 g/mol. The van der Waals surface area contributed by atoms with Gasteiger partial charge >= 0.3 is 0 Å². The molecule has 4 nitrogen and oxygen atoms in total. The molecule has 1 aliphatic rings. The van der Waals surface area contributed by atoms with Crippen molar-refractivity contribution in [2.45, 2.75) is 12.1 Å². The van der Waals surface area contributed by atoms with E-state index < -0.39 is 6.10 Å². The minimum Gasteiger partial charge on any atom is -0.387 e. The standard InChI is InChI=1S/C13H20N2O2.2ClH/c14-12(10-15-6-8-17-9-7-15)13(16)11-4-2-1-3-5-11;;/h1-5,12-13,16H,6-10,14H2;2*1H/t12-,13+;;/m1../s1. The van der Waals surface area contributed by atoms with E-state index in [2.05, 4.69) is 4.90 Å². The van der Waals surface area contributed by atoms with Gasteiger partial charge in [0.05, 0.1) is 19.3 Å². The first-order valence-electron chi connectivity index (χ1n) is 6.06. The fraction of sp³-hybridized carbons (Fsp3) is 0.538. The van der Waals surface area contributed by atoms with Crippen molar-refractivity contribution in [2.75, 3.05) is 32.8 Å². The molecule has 0 aliphatic carbocycles. The topological polar surface area (TPSA) is 58.7 Å². The summed E-state index contributed by atoms with van der Waals surface area (Å²) in [5, 5.41) is 10.1. The maximum absolute atomic E-state index is 10.1. The molecule has 0 bridgehead atoms. The van der Waals surface area contributed by atoms with E-state index in [0.717, 1.165) is 31.9 Å². The smallest absolute Gasteiger partial charge is 0.0953 e. The van der Waals surface area contributed by atoms with Crippen LogP contribution < -0.4 is 5.73 Å². The van der Waals surface area contributed by atoms with Crippen molar-refractivity contribution in [3.63, 3.8) is 0 Å².